The number of pyridine rings is 1. The zero-order valence-corrected chi connectivity index (χ0v) is 12.7. The van der Waals surface area contributed by atoms with Crippen LogP contribution in [0.3, 0.4) is 0 Å². The summed E-state index contributed by atoms with van der Waals surface area (Å²) in [6.45, 7) is 3.93. The Kier molecular flexibility index (Phi) is 3.97. The van der Waals surface area contributed by atoms with Crippen molar-refractivity contribution in [1.82, 2.24) is 4.98 Å². The molecule has 2 N–H and O–H groups in total. The van der Waals surface area contributed by atoms with E-state index in [1.807, 2.05) is 18.3 Å². The molecule has 1 aliphatic carbocycles. The van der Waals surface area contributed by atoms with Gasteiger partial charge in [0, 0.05) is 54.2 Å². The lowest BCUT2D eigenvalue weighted by Crippen LogP contribution is -2.37. The number of hydrogen-bond acceptors (Lipinski definition) is 4. The molecule has 2 aromatic rings. The van der Waals surface area contributed by atoms with Crippen LogP contribution in [0.2, 0.25) is 0 Å². The lowest BCUT2D eigenvalue weighted by molar-refractivity contribution is 0.203. The number of aromatic nitrogens is 1. The van der Waals surface area contributed by atoms with Crippen LogP contribution >= 0.6 is 0 Å². The number of rotatable bonds is 6. The molecule has 4 heteroatoms. The predicted molar refractivity (Wildman–Crippen MR) is 87.6 cm³/mol. The number of nitrogens with two attached hydrogens (primary N) is 1. The Morgan fingerprint density at radius 1 is 1.33 bits per heavy atom. The van der Waals surface area contributed by atoms with E-state index in [1.54, 1.807) is 13.3 Å². The Labute approximate surface area is 125 Å². The Morgan fingerprint density at radius 2 is 2.14 bits per heavy atom. The molecule has 1 unspecified atom stereocenters. The molecule has 3 rings (SSSR count). The van der Waals surface area contributed by atoms with Crippen LogP contribution in [0, 0.1) is 5.92 Å². The maximum absolute atomic E-state index is 6.10. The number of methoxy groups -OCH3 is 1. The molecule has 0 aliphatic heterocycles. The van der Waals surface area contributed by atoms with E-state index in [0.29, 0.717) is 6.04 Å². The number of hydrogen-bond donors (Lipinski definition) is 1. The molecule has 1 aliphatic rings. The molecule has 0 bridgehead atoms. The fourth-order valence-corrected chi connectivity index (χ4v) is 3.02. The van der Waals surface area contributed by atoms with Gasteiger partial charge >= 0.3 is 0 Å². The van der Waals surface area contributed by atoms with Crippen LogP contribution in [0.25, 0.3) is 10.8 Å². The molecule has 1 fully saturated rings. The summed E-state index contributed by atoms with van der Waals surface area (Å²) in [5.74, 6) is 0.797. The molecule has 21 heavy (non-hydrogen) atoms. The molecule has 1 aromatic carbocycles. The number of nitrogen functional groups attached to an aromatic ring is 1. The SMILES string of the molecule is COCCN(c1ccc(N)c2ccncc12)C(C)C1CC1. The van der Waals surface area contributed by atoms with Crippen LogP contribution in [0.15, 0.2) is 30.6 Å². The van der Waals surface area contributed by atoms with E-state index in [0.717, 1.165) is 35.5 Å². The van der Waals surface area contributed by atoms with Gasteiger partial charge in [0.15, 0.2) is 0 Å². The summed E-state index contributed by atoms with van der Waals surface area (Å²) in [5.41, 5.74) is 8.12. The summed E-state index contributed by atoms with van der Waals surface area (Å²) >= 11 is 0. The molecule has 0 saturated heterocycles. The first-order chi connectivity index (χ1) is 10.2. The maximum atomic E-state index is 6.10. The van der Waals surface area contributed by atoms with Gasteiger partial charge in [0.25, 0.3) is 0 Å². The van der Waals surface area contributed by atoms with Crippen LogP contribution in [0.4, 0.5) is 11.4 Å². The van der Waals surface area contributed by atoms with Crippen molar-refractivity contribution < 1.29 is 4.74 Å². The molecule has 0 radical (unpaired) electrons. The second-order valence-electron chi connectivity index (χ2n) is 5.86. The lowest BCUT2D eigenvalue weighted by Gasteiger charge is -2.32. The second-order valence-corrected chi connectivity index (χ2v) is 5.86. The van der Waals surface area contributed by atoms with Crippen molar-refractivity contribution in [2.45, 2.75) is 25.8 Å². The predicted octanol–water partition coefficient (Wildman–Crippen LogP) is 3.07. The molecule has 1 saturated carbocycles. The van der Waals surface area contributed by atoms with Crippen molar-refractivity contribution in [3.63, 3.8) is 0 Å². The lowest BCUT2D eigenvalue weighted by atomic mass is 10.1. The van der Waals surface area contributed by atoms with Crippen LogP contribution in [-0.2, 0) is 4.74 Å². The Hall–Kier alpha value is -1.81. The highest BCUT2D eigenvalue weighted by Gasteiger charge is 2.32. The maximum Gasteiger partial charge on any atom is 0.0637 e. The van der Waals surface area contributed by atoms with Crippen molar-refractivity contribution in [1.29, 1.82) is 0 Å². The highest BCUT2D eigenvalue weighted by Crippen LogP contribution is 2.39. The van der Waals surface area contributed by atoms with Crippen molar-refractivity contribution >= 4 is 22.1 Å². The molecule has 4 nitrogen and oxygen atoms in total. The highest BCUT2D eigenvalue weighted by atomic mass is 16.5. The molecule has 0 spiro atoms. The van der Waals surface area contributed by atoms with E-state index >= 15 is 0 Å². The standard InChI is InChI=1S/C17H23N3O/c1-12(13-3-4-13)20(9-10-21-2)17-6-5-16(18)14-7-8-19-11-15(14)17/h5-8,11-13H,3-4,9-10,18H2,1-2H3. The molecule has 112 valence electrons. The van der Waals surface area contributed by atoms with Gasteiger partial charge in [-0.05, 0) is 43.9 Å². The van der Waals surface area contributed by atoms with E-state index in [2.05, 4.69) is 22.9 Å². The third kappa shape index (κ3) is 2.81. The van der Waals surface area contributed by atoms with Crippen LogP contribution in [-0.4, -0.2) is 31.3 Å². The number of ether oxygens (including phenoxy) is 1. The second kappa shape index (κ2) is 5.90. The topological polar surface area (TPSA) is 51.4 Å². The van der Waals surface area contributed by atoms with Crippen molar-refractivity contribution in [2.75, 3.05) is 30.9 Å². The van der Waals surface area contributed by atoms with Gasteiger partial charge in [-0.3, -0.25) is 4.98 Å². The zero-order valence-electron chi connectivity index (χ0n) is 12.7. The third-order valence-corrected chi connectivity index (χ3v) is 4.47. The van der Waals surface area contributed by atoms with Crippen molar-refractivity contribution in [3.8, 4) is 0 Å². The molecular formula is C17H23N3O. The molecular weight excluding hydrogens is 262 g/mol. The van der Waals surface area contributed by atoms with Gasteiger partial charge in [0.1, 0.15) is 0 Å². The Balaban J connectivity index is 2.03. The molecule has 1 atom stereocenters. The monoisotopic (exact) mass is 285 g/mol. The third-order valence-electron chi connectivity index (χ3n) is 4.47. The van der Waals surface area contributed by atoms with Gasteiger partial charge in [0.05, 0.1) is 6.61 Å². The average molecular weight is 285 g/mol. The smallest absolute Gasteiger partial charge is 0.0637 e. The van der Waals surface area contributed by atoms with Gasteiger partial charge in [-0.2, -0.15) is 0 Å². The summed E-state index contributed by atoms with van der Waals surface area (Å²) < 4.78 is 5.30. The first kappa shape index (κ1) is 14.1. The van der Waals surface area contributed by atoms with E-state index < -0.39 is 0 Å². The van der Waals surface area contributed by atoms with E-state index in [-0.39, 0.29) is 0 Å². The quantitative estimate of drug-likeness (QED) is 0.829. The first-order valence-corrected chi connectivity index (χ1v) is 7.60. The van der Waals surface area contributed by atoms with Gasteiger partial charge in [-0.1, -0.05) is 0 Å². The molecule has 1 heterocycles. The van der Waals surface area contributed by atoms with Gasteiger partial charge in [0.2, 0.25) is 0 Å². The normalized spacial score (nSPS) is 16.1. The Morgan fingerprint density at radius 3 is 2.86 bits per heavy atom. The van der Waals surface area contributed by atoms with Gasteiger partial charge < -0.3 is 15.4 Å². The first-order valence-electron chi connectivity index (χ1n) is 7.60. The molecule has 0 amide bonds. The minimum absolute atomic E-state index is 0.521. The molecule has 1 aromatic heterocycles. The Bertz CT molecular complexity index is 624. The van der Waals surface area contributed by atoms with Crippen LogP contribution in [0.1, 0.15) is 19.8 Å². The van der Waals surface area contributed by atoms with Crippen molar-refractivity contribution in [2.24, 2.45) is 5.92 Å². The fraction of sp³-hybridized carbons (Fsp3) is 0.471. The number of benzene rings is 1. The van der Waals surface area contributed by atoms with Crippen molar-refractivity contribution in [3.05, 3.63) is 30.6 Å². The fourth-order valence-electron chi connectivity index (χ4n) is 3.02. The number of nitrogens with zero attached hydrogens (tertiary/aromatic N) is 2. The summed E-state index contributed by atoms with van der Waals surface area (Å²) in [5, 5.41) is 2.20. The van der Waals surface area contributed by atoms with Crippen LogP contribution in [0.5, 0.6) is 0 Å². The summed E-state index contributed by atoms with van der Waals surface area (Å²) in [6, 6.07) is 6.63. The number of anilines is 2. The van der Waals surface area contributed by atoms with E-state index in [1.165, 1.54) is 18.5 Å². The summed E-state index contributed by atoms with van der Waals surface area (Å²) in [6.07, 6.45) is 6.37. The zero-order chi connectivity index (χ0) is 14.8. The van der Waals surface area contributed by atoms with E-state index in [4.69, 9.17) is 10.5 Å². The largest absolute Gasteiger partial charge is 0.398 e. The van der Waals surface area contributed by atoms with Gasteiger partial charge in [-0.25, -0.2) is 0 Å². The summed E-state index contributed by atoms with van der Waals surface area (Å²) in [4.78, 5) is 6.73. The highest BCUT2D eigenvalue weighted by molar-refractivity contribution is 6.00. The minimum atomic E-state index is 0.521. The van der Waals surface area contributed by atoms with Crippen LogP contribution < -0.4 is 10.6 Å². The summed E-state index contributed by atoms with van der Waals surface area (Å²) in [7, 11) is 1.75. The van der Waals surface area contributed by atoms with Gasteiger partial charge in [-0.15, -0.1) is 0 Å². The van der Waals surface area contributed by atoms with E-state index in [9.17, 15) is 0 Å². The average Bonchev–Trinajstić information content (AvgIpc) is 3.34. The minimum Gasteiger partial charge on any atom is -0.398 e. The number of fused-ring (bicyclic) bond motifs is 1.